The van der Waals surface area contributed by atoms with E-state index in [1.54, 1.807) is 14.0 Å². The van der Waals surface area contributed by atoms with E-state index < -0.39 is 6.10 Å². The molecule has 0 saturated heterocycles. The molecule has 1 N–H and O–H groups in total. The highest BCUT2D eigenvalue weighted by atomic mass is 16.5. The van der Waals surface area contributed by atoms with Crippen LogP contribution in [0.5, 0.6) is 5.75 Å². The molecule has 0 unspecified atom stereocenters. The Hall–Kier alpha value is -1.59. The van der Waals surface area contributed by atoms with Crippen LogP contribution in [0, 0.1) is 0 Å². The van der Waals surface area contributed by atoms with E-state index in [2.05, 4.69) is 0 Å². The summed E-state index contributed by atoms with van der Waals surface area (Å²) in [6.07, 6.45) is 2.76. The van der Waals surface area contributed by atoms with Crippen LogP contribution in [0.1, 0.15) is 44.6 Å². The van der Waals surface area contributed by atoms with Crippen molar-refractivity contribution in [2.45, 2.75) is 51.7 Å². The lowest BCUT2D eigenvalue weighted by Crippen LogP contribution is -2.12. The van der Waals surface area contributed by atoms with Crippen molar-refractivity contribution in [3.63, 3.8) is 0 Å². The van der Waals surface area contributed by atoms with E-state index in [1.165, 1.54) is 0 Å². The predicted octanol–water partition coefficient (Wildman–Crippen LogP) is 3.09. The summed E-state index contributed by atoms with van der Waals surface area (Å²) in [4.78, 5) is 11.2. The smallest absolute Gasteiger partial charge is 0.305 e. The van der Waals surface area contributed by atoms with Gasteiger partial charge in [-0.1, -0.05) is 12.1 Å². The lowest BCUT2D eigenvalue weighted by molar-refractivity contribution is -0.143. The van der Waals surface area contributed by atoms with Crippen molar-refractivity contribution in [1.29, 1.82) is 0 Å². The number of unbranched alkanes of at least 4 members (excludes halogenated alkanes) is 1. The van der Waals surface area contributed by atoms with Crippen molar-refractivity contribution < 1.29 is 24.1 Å². The highest BCUT2D eigenvalue weighted by Gasteiger charge is 2.08. The van der Waals surface area contributed by atoms with Gasteiger partial charge in [-0.25, -0.2) is 0 Å². The molecule has 1 atom stereocenters. The minimum Gasteiger partial charge on any atom is -0.497 e. The van der Waals surface area contributed by atoms with Gasteiger partial charge >= 0.3 is 5.97 Å². The SMILES string of the molecule is CCOC(=O)CC[C@H](O)CCCCOCc1ccc(OC)cc1. The Morgan fingerprint density at radius 1 is 1.17 bits per heavy atom. The fourth-order valence-electron chi connectivity index (χ4n) is 2.16. The predicted molar refractivity (Wildman–Crippen MR) is 88.4 cm³/mol. The maximum Gasteiger partial charge on any atom is 0.305 e. The third kappa shape index (κ3) is 9.21. The van der Waals surface area contributed by atoms with Crippen molar-refractivity contribution in [2.24, 2.45) is 0 Å². The number of aliphatic hydroxyl groups is 1. The molecule has 0 radical (unpaired) electrons. The molecule has 0 aliphatic carbocycles. The topological polar surface area (TPSA) is 65.0 Å². The number of carbonyl (C=O) groups is 1. The summed E-state index contributed by atoms with van der Waals surface area (Å²) < 4.78 is 15.5. The molecule has 0 aliphatic heterocycles. The molecule has 0 bridgehead atoms. The standard InChI is InChI=1S/C18H28O5/c1-3-23-18(20)12-9-16(19)6-4-5-13-22-14-15-7-10-17(21-2)11-8-15/h7-8,10-11,16,19H,3-6,9,12-14H2,1-2H3/t16-/m1/s1. The van der Waals surface area contributed by atoms with E-state index in [-0.39, 0.29) is 12.4 Å². The highest BCUT2D eigenvalue weighted by Crippen LogP contribution is 2.12. The summed E-state index contributed by atoms with van der Waals surface area (Å²) in [6, 6.07) is 7.80. The van der Waals surface area contributed by atoms with Crippen molar-refractivity contribution in [3.05, 3.63) is 29.8 Å². The minimum atomic E-state index is -0.444. The summed E-state index contributed by atoms with van der Waals surface area (Å²) >= 11 is 0. The first-order valence-corrected chi connectivity index (χ1v) is 8.20. The third-order valence-electron chi connectivity index (χ3n) is 3.49. The molecule has 0 fully saturated rings. The first-order chi connectivity index (χ1) is 11.2. The van der Waals surface area contributed by atoms with Gasteiger partial charge in [0.1, 0.15) is 5.75 Å². The maximum atomic E-state index is 11.2. The second-order valence-corrected chi connectivity index (χ2v) is 5.39. The Morgan fingerprint density at radius 2 is 1.91 bits per heavy atom. The maximum absolute atomic E-state index is 11.2. The zero-order valence-electron chi connectivity index (χ0n) is 14.1. The number of ether oxygens (including phenoxy) is 3. The van der Waals surface area contributed by atoms with E-state index >= 15 is 0 Å². The van der Waals surface area contributed by atoms with Crippen molar-refractivity contribution >= 4 is 5.97 Å². The molecular formula is C18H28O5. The summed E-state index contributed by atoms with van der Waals surface area (Å²) in [6.45, 7) is 3.41. The number of aliphatic hydroxyl groups excluding tert-OH is 1. The van der Waals surface area contributed by atoms with Gasteiger partial charge in [-0.05, 0) is 50.3 Å². The minimum absolute atomic E-state index is 0.241. The van der Waals surface area contributed by atoms with Crippen LogP contribution >= 0.6 is 0 Å². The van der Waals surface area contributed by atoms with Crippen molar-refractivity contribution in [2.75, 3.05) is 20.3 Å². The van der Waals surface area contributed by atoms with Gasteiger partial charge in [-0.3, -0.25) is 4.79 Å². The fourth-order valence-corrected chi connectivity index (χ4v) is 2.16. The number of esters is 1. The number of benzene rings is 1. The van der Waals surface area contributed by atoms with Gasteiger partial charge in [0, 0.05) is 13.0 Å². The lowest BCUT2D eigenvalue weighted by atomic mass is 10.1. The number of methoxy groups -OCH3 is 1. The van der Waals surface area contributed by atoms with Gasteiger partial charge in [-0.15, -0.1) is 0 Å². The Bertz CT molecular complexity index is 430. The summed E-state index contributed by atoms with van der Waals surface area (Å²) in [7, 11) is 1.65. The zero-order chi connectivity index (χ0) is 16.9. The van der Waals surface area contributed by atoms with E-state index in [0.717, 1.165) is 24.2 Å². The molecule has 1 rings (SSSR count). The van der Waals surface area contributed by atoms with Gasteiger partial charge < -0.3 is 19.3 Å². The van der Waals surface area contributed by atoms with Crippen LogP contribution in [-0.2, 0) is 20.9 Å². The molecule has 5 heteroatoms. The van der Waals surface area contributed by atoms with Gasteiger partial charge in [0.2, 0.25) is 0 Å². The molecule has 0 saturated carbocycles. The largest absolute Gasteiger partial charge is 0.497 e. The highest BCUT2D eigenvalue weighted by molar-refractivity contribution is 5.69. The second kappa shape index (κ2) is 11.9. The average Bonchev–Trinajstić information content (AvgIpc) is 2.57. The Balaban J connectivity index is 2.00. The van der Waals surface area contributed by atoms with E-state index in [9.17, 15) is 9.90 Å². The van der Waals surface area contributed by atoms with Gasteiger partial charge in [0.15, 0.2) is 0 Å². The van der Waals surface area contributed by atoms with E-state index in [4.69, 9.17) is 14.2 Å². The molecule has 0 amide bonds. The van der Waals surface area contributed by atoms with Crippen LogP contribution in [0.15, 0.2) is 24.3 Å². The normalized spacial score (nSPS) is 12.0. The van der Waals surface area contributed by atoms with Crippen LogP contribution in [-0.4, -0.2) is 37.5 Å². The van der Waals surface area contributed by atoms with Crippen LogP contribution in [0.3, 0.4) is 0 Å². The molecule has 0 aliphatic rings. The first-order valence-electron chi connectivity index (χ1n) is 8.20. The molecule has 130 valence electrons. The summed E-state index contributed by atoms with van der Waals surface area (Å²) in [5.41, 5.74) is 1.11. The van der Waals surface area contributed by atoms with Crippen LogP contribution in [0.4, 0.5) is 0 Å². The third-order valence-corrected chi connectivity index (χ3v) is 3.49. The molecule has 23 heavy (non-hydrogen) atoms. The average molecular weight is 324 g/mol. The number of rotatable bonds is 12. The molecule has 0 spiro atoms. The fraction of sp³-hybridized carbons (Fsp3) is 0.611. The summed E-state index contributed by atoms with van der Waals surface area (Å²) in [5.74, 6) is 0.597. The summed E-state index contributed by atoms with van der Waals surface area (Å²) in [5, 5.41) is 9.79. The molecule has 1 aromatic carbocycles. The van der Waals surface area contributed by atoms with Crippen molar-refractivity contribution in [3.8, 4) is 5.75 Å². The van der Waals surface area contributed by atoms with Crippen LogP contribution < -0.4 is 4.74 Å². The van der Waals surface area contributed by atoms with E-state index in [1.807, 2.05) is 24.3 Å². The Kier molecular flexibility index (Phi) is 10.1. The van der Waals surface area contributed by atoms with Gasteiger partial charge in [-0.2, -0.15) is 0 Å². The molecule has 0 aromatic heterocycles. The molecular weight excluding hydrogens is 296 g/mol. The van der Waals surface area contributed by atoms with E-state index in [0.29, 0.717) is 32.7 Å². The van der Waals surface area contributed by atoms with Crippen molar-refractivity contribution in [1.82, 2.24) is 0 Å². The van der Waals surface area contributed by atoms with Crippen LogP contribution in [0.25, 0.3) is 0 Å². The Labute approximate surface area is 138 Å². The quantitative estimate of drug-likeness (QED) is 0.473. The molecule has 0 heterocycles. The number of carbonyl (C=O) groups excluding carboxylic acids is 1. The molecule has 5 nitrogen and oxygen atoms in total. The molecule has 1 aromatic rings. The lowest BCUT2D eigenvalue weighted by Gasteiger charge is -2.10. The first kappa shape index (κ1) is 19.5. The number of hydrogen-bond donors (Lipinski definition) is 1. The second-order valence-electron chi connectivity index (χ2n) is 5.39. The Morgan fingerprint density at radius 3 is 2.57 bits per heavy atom. The zero-order valence-corrected chi connectivity index (χ0v) is 14.1. The number of hydrogen-bond acceptors (Lipinski definition) is 5. The van der Waals surface area contributed by atoms with Crippen LogP contribution in [0.2, 0.25) is 0 Å². The monoisotopic (exact) mass is 324 g/mol. The van der Waals surface area contributed by atoms with Gasteiger partial charge in [0.05, 0.1) is 26.4 Å². The van der Waals surface area contributed by atoms with Gasteiger partial charge in [0.25, 0.3) is 0 Å².